The lowest BCUT2D eigenvalue weighted by atomic mass is 10.2. The number of benzene rings is 1. The third-order valence-electron chi connectivity index (χ3n) is 3.76. The first-order valence-electron chi connectivity index (χ1n) is 8.60. The van der Waals surface area contributed by atoms with E-state index in [2.05, 4.69) is 10.6 Å². The summed E-state index contributed by atoms with van der Waals surface area (Å²) < 4.78 is 21.5. The summed E-state index contributed by atoms with van der Waals surface area (Å²) in [5.74, 6) is -0.280. The Bertz CT molecular complexity index is 637. The first-order chi connectivity index (χ1) is 12.8. The van der Waals surface area contributed by atoms with Crippen molar-refractivity contribution in [2.24, 2.45) is 0 Å². The lowest BCUT2D eigenvalue weighted by Gasteiger charge is -2.18. The zero-order valence-corrected chi connectivity index (χ0v) is 16.5. The van der Waals surface area contributed by atoms with Crippen LogP contribution in [0.15, 0.2) is 24.3 Å². The predicted molar refractivity (Wildman–Crippen MR) is 103 cm³/mol. The highest BCUT2D eigenvalue weighted by Crippen LogP contribution is 2.22. The van der Waals surface area contributed by atoms with E-state index >= 15 is 0 Å². The van der Waals surface area contributed by atoms with Gasteiger partial charge in [-0.05, 0) is 50.3 Å². The molecule has 1 fully saturated rings. The van der Waals surface area contributed by atoms with E-state index in [0.717, 1.165) is 0 Å². The molecule has 1 aromatic rings. The van der Waals surface area contributed by atoms with E-state index in [1.807, 2.05) is 13.8 Å². The molecule has 0 aliphatic carbocycles. The molecule has 1 heterocycles. The van der Waals surface area contributed by atoms with Gasteiger partial charge in [-0.15, -0.1) is 0 Å². The van der Waals surface area contributed by atoms with Crippen molar-refractivity contribution in [3.05, 3.63) is 29.8 Å². The maximum absolute atomic E-state index is 12.1. The molecule has 1 aromatic carbocycles. The van der Waals surface area contributed by atoms with Crippen molar-refractivity contribution in [2.45, 2.75) is 31.8 Å². The highest BCUT2D eigenvalue weighted by molar-refractivity contribution is 7.80. The van der Waals surface area contributed by atoms with Gasteiger partial charge in [-0.25, -0.2) is 0 Å². The second-order valence-corrected chi connectivity index (χ2v) is 6.94. The van der Waals surface area contributed by atoms with Crippen LogP contribution in [0.4, 0.5) is 0 Å². The zero-order chi connectivity index (χ0) is 19.9. The van der Waals surface area contributed by atoms with E-state index in [-0.39, 0.29) is 30.3 Å². The number of carbonyl (C=O) groups is 1. The van der Waals surface area contributed by atoms with Crippen LogP contribution in [0, 0.1) is 0 Å². The number of aliphatic hydroxyl groups is 1. The Morgan fingerprint density at radius 2 is 2.11 bits per heavy atom. The number of hydrogen-bond acceptors (Lipinski definition) is 7. The molecule has 2 rings (SSSR count). The number of carbonyl (C=O) groups excluding carboxylic acids is 1. The zero-order valence-electron chi connectivity index (χ0n) is 15.7. The van der Waals surface area contributed by atoms with Crippen molar-refractivity contribution in [3.8, 4) is 5.75 Å². The molecule has 9 heteroatoms. The topological polar surface area (TPSA) is 98.3 Å². The number of thiocarbonyl (C=S) groups is 1. The van der Waals surface area contributed by atoms with Gasteiger partial charge in [-0.3, -0.25) is 10.1 Å². The Morgan fingerprint density at radius 1 is 1.41 bits per heavy atom. The molecular formula is C18H26N2O6S. The molecule has 0 bridgehead atoms. The minimum Gasteiger partial charge on any atom is -0.497 e. The lowest BCUT2D eigenvalue weighted by molar-refractivity contribution is -0.146. The highest BCUT2D eigenvalue weighted by atomic mass is 32.1. The van der Waals surface area contributed by atoms with E-state index in [1.54, 1.807) is 31.4 Å². The molecule has 2 unspecified atom stereocenters. The van der Waals surface area contributed by atoms with Crippen molar-refractivity contribution >= 4 is 23.2 Å². The SMILES string of the molecule is COc1ccc(C(=O)NC(=S)NCC(O)COCC2COC(C)(C)O2)cc1. The molecule has 0 saturated carbocycles. The first-order valence-corrected chi connectivity index (χ1v) is 9.00. The molecule has 0 aromatic heterocycles. The summed E-state index contributed by atoms with van der Waals surface area (Å²) in [6.07, 6.45) is -0.929. The Balaban J connectivity index is 1.62. The van der Waals surface area contributed by atoms with Crippen LogP contribution < -0.4 is 15.4 Å². The number of amides is 1. The Labute approximate surface area is 164 Å². The molecule has 1 saturated heterocycles. The monoisotopic (exact) mass is 398 g/mol. The number of aliphatic hydroxyl groups excluding tert-OH is 1. The van der Waals surface area contributed by atoms with E-state index in [9.17, 15) is 9.90 Å². The fraction of sp³-hybridized carbons (Fsp3) is 0.556. The third-order valence-corrected chi connectivity index (χ3v) is 4.01. The molecule has 1 amide bonds. The normalized spacial score (nSPS) is 19.3. The van der Waals surface area contributed by atoms with E-state index in [4.69, 9.17) is 31.2 Å². The first kappa shape index (κ1) is 21.5. The van der Waals surface area contributed by atoms with Gasteiger partial charge in [0, 0.05) is 12.1 Å². The fourth-order valence-corrected chi connectivity index (χ4v) is 2.59. The van der Waals surface area contributed by atoms with Gasteiger partial charge in [0.15, 0.2) is 10.9 Å². The lowest BCUT2D eigenvalue weighted by Crippen LogP contribution is -2.43. The van der Waals surface area contributed by atoms with Crippen LogP contribution in [0.2, 0.25) is 0 Å². The van der Waals surface area contributed by atoms with Gasteiger partial charge < -0.3 is 29.4 Å². The molecule has 0 radical (unpaired) electrons. The van der Waals surface area contributed by atoms with Crippen LogP contribution in [0.5, 0.6) is 5.75 Å². The van der Waals surface area contributed by atoms with Crippen LogP contribution >= 0.6 is 12.2 Å². The van der Waals surface area contributed by atoms with E-state index in [1.165, 1.54) is 0 Å². The van der Waals surface area contributed by atoms with Crippen molar-refractivity contribution in [2.75, 3.05) is 33.5 Å². The molecule has 8 nitrogen and oxygen atoms in total. The highest BCUT2D eigenvalue weighted by Gasteiger charge is 2.32. The average Bonchev–Trinajstić information content (AvgIpc) is 2.98. The number of methoxy groups -OCH3 is 1. The van der Waals surface area contributed by atoms with Crippen LogP contribution in [0.25, 0.3) is 0 Å². The summed E-state index contributed by atoms with van der Waals surface area (Å²) in [5.41, 5.74) is 0.450. The quantitative estimate of drug-likeness (QED) is 0.554. The Hall–Kier alpha value is -1.78. The third kappa shape index (κ3) is 7.39. The summed E-state index contributed by atoms with van der Waals surface area (Å²) in [6, 6.07) is 6.64. The molecule has 1 aliphatic heterocycles. The smallest absolute Gasteiger partial charge is 0.257 e. The second-order valence-electron chi connectivity index (χ2n) is 6.53. The van der Waals surface area contributed by atoms with Crippen LogP contribution in [0.1, 0.15) is 24.2 Å². The maximum Gasteiger partial charge on any atom is 0.257 e. The largest absolute Gasteiger partial charge is 0.497 e. The fourth-order valence-electron chi connectivity index (χ4n) is 2.41. The van der Waals surface area contributed by atoms with Crippen molar-refractivity contribution in [1.82, 2.24) is 10.6 Å². The molecule has 1 aliphatic rings. The van der Waals surface area contributed by atoms with Gasteiger partial charge in [0.25, 0.3) is 5.91 Å². The van der Waals surface area contributed by atoms with Crippen molar-refractivity contribution < 1.29 is 28.8 Å². The summed E-state index contributed by atoms with van der Waals surface area (Å²) in [7, 11) is 1.55. The van der Waals surface area contributed by atoms with Crippen LogP contribution in [0.3, 0.4) is 0 Å². The van der Waals surface area contributed by atoms with Crippen molar-refractivity contribution in [3.63, 3.8) is 0 Å². The summed E-state index contributed by atoms with van der Waals surface area (Å²) in [6.45, 7) is 4.74. The number of nitrogens with one attached hydrogen (secondary N) is 2. The number of ether oxygens (including phenoxy) is 4. The van der Waals surface area contributed by atoms with E-state index in [0.29, 0.717) is 24.5 Å². The van der Waals surface area contributed by atoms with E-state index < -0.39 is 11.9 Å². The summed E-state index contributed by atoms with van der Waals surface area (Å²) >= 11 is 5.07. The van der Waals surface area contributed by atoms with Gasteiger partial charge >= 0.3 is 0 Å². The van der Waals surface area contributed by atoms with Gasteiger partial charge in [-0.2, -0.15) is 0 Å². The van der Waals surface area contributed by atoms with Crippen LogP contribution in [-0.4, -0.2) is 67.6 Å². The molecular weight excluding hydrogens is 372 g/mol. The number of rotatable bonds is 8. The standard InChI is InChI=1S/C18H26N2O6S/c1-18(2)25-11-15(26-18)10-24-9-13(21)8-19-17(27)20-16(22)12-4-6-14(23-3)7-5-12/h4-7,13,15,21H,8-11H2,1-3H3,(H2,19,20,22,27). The van der Waals surface area contributed by atoms with Gasteiger partial charge in [0.05, 0.1) is 33.0 Å². The second kappa shape index (κ2) is 9.95. The molecule has 0 spiro atoms. The van der Waals surface area contributed by atoms with Crippen LogP contribution in [-0.2, 0) is 14.2 Å². The molecule has 3 N–H and O–H groups in total. The Kier molecular flexibility index (Phi) is 7.93. The minimum absolute atomic E-state index is 0.113. The summed E-state index contributed by atoms with van der Waals surface area (Å²) in [4.78, 5) is 12.1. The maximum atomic E-state index is 12.1. The predicted octanol–water partition coefficient (Wildman–Crippen LogP) is 0.829. The summed E-state index contributed by atoms with van der Waals surface area (Å²) in [5, 5.41) is 15.4. The number of hydrogen-bond donors (Lipinski definition) is 3. The van der Waals surface area contributed by atoms with Gasteiger partial charge in [-0.1, -0.05) is 0 Å². The minimum atomic E-state index is -0.781. The molecule has 27 heavy (non-hydrogen) atoms. The average molecular weight is 398 g/mol. The molecule has 150 valence electrons. The Morgan fingerprint density at radius 3 is 2.70 bits per heavy atom. The van der Waals surface area contributed by atoms with Gasteiger partial charge in [0.1, 0.15) is 11.9 Å². The van der Waals surface area contributed by atoms with Crippen molar-refractivity contribution in [1.29, 1.82) is 0 Å². The van der Waals surface area contributed by atoms with Gasteiger partial charge in [0.2, 0.25) is 0 Å². The molecule has 2 atom stereocenters.